The zero-order valence-corrected chi connectivity index (χ0v) is 21.4. The van der Waals surface area contributed by atoms with Gasteiger partial charge in [0.25, 0.3) is 5.91 Å². The lowest BCUT2D eigenvalue weighted by molar-refractivity contribution is 0.0635. The van der Waals surface area contributed by atoms with Gasteiger partial charge in [-0.3, -0.25) is 10.1 Å². The number of nitrogens with one attached hydrogen (secondary N) is 3. The summed E-state index contributed by atoms with van der Waals surface area (Å²) < 4.78 is 44.1. The Kier molecular flexibility index (Phi) is 6.74. The van der Waals surface area contributed by atoms with Gasteiger partial charge < -0.3 is 14.5 Å². The Morgan fingerprint density at radius 2 is 1.65 bits per heavy atom. The average Bonchev–Trinajstić information content (AvgIpc) is 3.23. The maximum atomic E-state index is 13.4. The molecule has 9 nitrogen and oxygen atoms in total. The fourth-order valence-electron chi connectivity index (χ4n) is 3.41. The molecule has 2 aromatic heterocycles. The molecule has 0 aliphatic carbocycles. The lowest BCUT2D eigenvalue weighted by Gasteiger charge is -2.21. The zero-order valence-electron chi connectivity index (χ0n) is 20.5. The summed E-state index contributed by atoms with van der Waals surface area (Å²) in [6, 6.07) is 15.1. The van der Waals surface area contributed by atoms with E-state index in [-0.39, 0.29) is 39.1 Å². The first kappa shape index (κ1) is 25.8. The summed E-state index contributed by atoms with van der Waals surface area (Å²) in [6.07, 6.45) is 0.541. The minimum atomic E-state index is -3.05. The van der Waals surface area contributed by atoms with Crippen molar-refractivity contribution in [3.63, 3.8) is 0 Å². The van der Waals surface area contributed by atoms with Crippen molar-refractivity contribution in [2.75, 3.05) is 16.9 Å². The molecule has 0 aliphatic heterocycles. The van der Waals surface area contributed by atoms with Crippen LogP contribution < -0.4 is 10.6 Å². The van der Waals surface area contributed by atoms with Gasteiger partial charge in [0.05, 0.1) is 21.1 Å². The highest BCUT2D eigenvalue weighted by Gasteiger charge is 2.20. The molecule has 0 saturated carbocycles. The van der Waals surface area contributed by atoms with Crippen molar-refractivity contribution < 1.29 is 27.3 Å². The number of pyridine rings is 1. The number of amides is 2. The van der Waals surface area contributed by atoms with Crippen LogP contribution in [0, 0.1) is 10.6 Å². The Bertz CT molecular complexity index is 1610. The van der Waals surface area contributed by atoms with Gasteiger partial charge in [-0.1, -0.05) is 18.2 Å². The fourth-order valence-corrected chi connectivity index (χ4v) is 4.01. The summed E-state index contributed by atoms with van der Waals surface area (Å²) >= 11 is 0. The van der Waals surface area contributed by atoms with Crippen LogP contribution >= 0.6 is 0 Å². The van der Waals surface area contributed by atoms with Crippen molar-refractivity contribution in [1.82, 2.24) is 4.98 Å². The molecule has 1 unspecified atom stereocenters. The lowest BCUT2D eigenvalue weighted by atomic mass is 10.0. The first-order valence-electron chi connectivity index (χ1n) is 11.1. The van der Waals surface area contributed by atoms with E-state index < -0.39 is 27.3 Å². The van der Waals surface area contributed by atoms with E-state index in [1.54, 1.807) is 51.1 Å². The summed E-state index contributed by atoms with van der Waals surface area (Å²) in [5, 5.41) is 5.43. The largest absolute Gasteiger partial charge is 0.449 e. The monoisotopic (exact) mass is 524 g/mol. The van der Waals surface area contributed by atoms with Crippen LogP contribution in [0.4, 0.5) is 20.6 Å². The fraction of sp³-hybridized carbons (Fsp3) is 0.192. The molecule has 0 spiro atoms. The molecule has 4 rings (SSSR count). The normalized spacial score (nSPS) is 13.1. The van der Waals surface area contributed by atoms with Crippen LogP contribution in [0.3, 0.4) is 0 Å². The molecule has 0 bridgehead atoms. The summed E-state index contributed by atoms with van der Waals surface area (Å²) in [4.78, 5) is 29.7. The summed E-state index contributed by atoms with van der Waals surface area (Å²) in [5.41, 5.74) is 1.69. The number of halogens is 1. The molecule has 11 heteroatoms. The highest BCUT2D eigenvalue weighted by atomic mass is 32.2. The van der Waals surface area contributed by atoms with Gasteiger partial charge in [-0.25, -0.2) is 23.2 Å². The Hall–Kier alpha value is -4.25. The van der Waals surface area contributed by atoms with Gasteiger partial charge in [-0.2, -0.15) is 0 Å². The van der Waals surface area contributed by atoms with Crippen LogP contribution in [0.15, 0.2) is 70.1 Å². The van der Waals surface area contributed by atoms with Crippen molar-refractivity contribution >= 4 is 44.2 Å². The first-order chi connectivity index (χ1) is 17.3. The Balaban J connectivity index is 1.68. The number of aromatic nitrogens is 1. The molecule has 1 atom stereocenters. The van der Waals surface area contributed by atoms with E-state index in [0.717, 1.165) is 0 Å². The van der Waals surface area contributed by atoms with Gasteiger partial charge in [-0.05, 0) is 68.3 Å². The highest BCUT2D eigenvalue weighted by molar-refractivity contribution is 7.91. The highest BCUT2D eigenvalue weighted by Crippen LogP contribution is 2.31. The maximum absolute atomic E-state index is 13.4. The van der Waals surface area contributed by atoms with Gasteiger partial charge in [0.2, 0.25) is 0 Å². The van der Waals surface area contributed by atoms with Crippen LogP contribution in [-0.2, 0) is 14.5 Å². The second-order valence-electron chi connectivity index (χ2n) is 9.34. The molecule has 0 aliphatic rings. The first-order valence-corrected chi connectivity index (χ1v) is 13.1. The van der Waals surface area contributed by atoms with Crippen LogP contribution in [0.1, 0.15) is 31.3 Å². The number of nitrogens with zero attached hydrogens (tertiary/aromatic N) is 1. The van der Waals surface area contributed by atoms with E-state index in [1.807, 2.05) is 0 Å². The molecule has 0 radical (unpaired) electrons. The van der Waals surface area contributed by atoms with Crippen molar-refractivity contribution in [2.45, 2.75) is 31.4 Å². The number of carbonyl (C=O) groups excluding carboxylic acids is 2. The SMILES string of the molecule is CC(C)(C)OC(=O)Nc1ccc(-c2ccc(F)cc2)cc1NC(=O)c1cc2nc(S(C)(=N)=O)ccc2o1. The van der Waals surface area contributed by atoms with Gasteiger partial charge in [-0.15, -0.1) is 0 Å². The molecule has 4 aromatic rings. The predicted molar refractivity (Wildman–Crippen MR) is 139 cm³/mol. The standard InChI is InChI=1S/C26H25FN4O5S/c1-26(2,3)36-25(33)31-18-10-7-16(15-5-8-17(27)9-6-15)13-19(18)30-24(32)22-14-20-21(35-22)11-12-23(29-20)37(4,28)34/h5-14,28H,1-4H3,(H,30,32)(H,31,33). The number of benzene rings is 2. The third-order valence-electron chi connectivity index (χ3n) is 5.05. The van der Waals surface area contributed by atoms with Gasteiger partial charge in [0.1, 0.15) is 22.0 Å². The zero-order chi connectivity index (χ0) is 27.0. The van der Waals surface area contributed by atoms with Crippen molar-refractivity contribution in [1.29, 1.82) is 4.78 Å². The molecule has 2 amide bonds. The smallest absolute Gasteiger partial charge is 0.412 e. The molecule has 0 fully saturated rings. The number of hydrogen-bond acceptors (Lipinski definition) is 7. The Labute approximate surface area is 213 Å². The molecular formula is C26H25FN4O5S. The third kappa shape index (κ3) is 6.31. The molecule has 192 valence electrons. The van der Waals surface area contributed by atoms with Gasteiger partial charge in [0, 0.05) is 12.3 Å². The summed E-state index contributed by atoms with van der Waals surface area (Å²) in [7, 11) is -3.05. The minimum absolute atomic E-state index is 0.0728. The number of carbonyl (C=O) groups is 2. The van der Waals surface area contributed by atoms with Gasteiger partial charge in [0.15, 0.2) is 11.3 Å². The van der Waals surface area contributed by atoms with Crippen LogP contribution in [0.25, 0.3) is 22.2 Å². The molecular weight excluding hydrogens is 499 g/mol. The number of rotatable bonds is 5. The molecule has 0 saturated heterocycles. The molecule has 2 heterocycles. The van der Waals surface area contributed by atoms with Crippen molar-refractivity contribution in [3.05, 3.63) is 72.2 Å². The maximum Gasteiger partial charge on any atom is 0.412 e. The number of anilines is 2. The third-order valence-corrected chi connectivity index (χ3v) is 6.08. The van der Waals surface area contributed by atoms with Crippen molar-refractivity contribution in [2.24, 2.45) is 0 Å². The number of hydrogen-bond donors (Lipinski definition) is 3. The van der Waals surface area contributed by atoms with Gasteiger partial charge >= 0.3 is 6.09 Å². The quantitative estimate of drug-likeness (QED) is 0.282. The molecule has 2 aromatic carbocycles. The van der Waals surface area contributed by atoms with E-state index >= 15 is 0 Å². The number of fused-ring (bicyclic) bond motifs is 1. The van der Waals surface area contributed by atoms with E-state index in [9.17, 15) is 18.2 Å². The van der Waals surface area contributed by atoms with E-state index in [2.05, 4.69) is 15.6 Å². The van der Waals surface area contributed by atoms with E-state index in [1.165, 1.54) is 36.6 Å². The minimum Gasteiger partial charge on any atom is -0.449 e. The van der Waals surface area contributed by atoms with E-state index in [4.69, 9.17) is 13.9 Å². The van der Waals surface area contributed by atoms with Crippen LogP contribution in [0.5, 0.6) is 0 Å². The number of ether oxygens (including phenoxy) is 1. The number of furan rings is 1. The van der Waals surface area contributed by atoms with E-state index in [0.29, 0.717) is 11.1 Å². The second kappa shape index (κ2) is 9.66. The Morgan fingerprint density at radius 3 is 2.30 bits per heavy atom. The lowest BCUT2D eigenvalue weighted by Crippen LogP contribution is -2.27. The molecule has 3 N–H and O–H groups in total. The van der Waals surface area contributed by atoms with Crippen LogP contribution in [-0.4, -0.2) is 33.1 Å². The second-order valence-corrected chi connectivity index (χ2v) is 11.4. The Morgan fingerprint density at radius 1 is 0.973 bits per heavy atom. The molecule has 37 heavy (non-hydrogen) atoms. The van der Waals surface area contributed by atoms with Crippen molar-refractivity contribution in [3.8, 4) is 11.1 Å². The topological polar surface area (TPSA) is 134 Å². The predicted octanol–water partition coefficient (Wildman–Crippen LogP) is 6.27. The summed E-state index contributed by atoms with van der Waals surface area (Å²) in [6.45, 7) is 5.18. The van der Waals surface area contributed by atoms with Crippen LogP contribution in [0.2, 0.25) is 0 Å². The average molecular weight is 525 g/mol. The summed E-state index contributed by atoms with van der Waals surface area (Å²) in [5.74, 6) is -1.10.